The zero-order valence-corrected chi connectivity index (χ0v) is 13.1. The minimum atomic E-state index is -0.810. The van der Waals surface area contributed by atoms with Crippen LogP contribution in [0.2, 0.25) is 5.02 Å². The summed E-state index contributed by atoms with van der Waals surface area (Å²) < 4.78 is 14.2. The van der Waals surface area contributed by atoms with Gasteiger partial charge in [-0.05, 0) is 44.5 Å². The molecular formula is C15H15ClFN3O2. The second kappa shape index (κ2) is 6.27. The number of amides is 1. The minimum Gasteiger partial charge on any atom is -0.324 e. The lowest BCUT2D eigenvalue weighted by molar-refractivity contribution is -0.119. The lowest BCUT2D eigenvalue weighted by Gasteiger charge is -2.15. The first-order chi connectivity index (χ1) is 10.3. The normalized spacial score (nSPS) is 12.0. The molecule has 0 bridgehead atoms. The van der Waals surface area contributed by atoms with Crippen LogP contribution < -0.4 is 10.9 Å². The Morgan fingerprint density at radius 3 is 2.68 bits per heavy atom. The third-order valence-electron chi connectivity index (χ3n) is 3.33. The fraction of sp³-hybridized carbons (Fsp3) is 0.267. The Bertz CT molecular complexity index is 789. The van der Waals surface area contributed by atoms with Crippen molar-refractivity contribution in [2.45, 2.75) is 26.8 Å². The molecule has 5 nitrogen and oxygen atoms in total. The lowest BCUT2D eigenvalue weighted by atomic mass is 10.2. The fourth-order valence-corrected chi connectivity index (χ4v) is 2.04. The molecule has 22 heavy (non-hydrogen) atoms. The van der Waals surface area contributed by atoms with Crippen LogP contribution in [-0.4, -0.2) is 15.7 Å². The van der Waals surface area contributed by atoms with Crippen LogP contribution in [0.4, 0.5) is 10.1 Å². The van der Waals surface area contributed by atoms with Crippen molar-refractivity contribution < 1.29 is 9.18 Å². The second-order valence-corrected chi connectivity index (χ2v) is 5.40. The zero-order chi connectivity index (χ0) is 16.4. The van der Waals surface area contributed by atoms with Gasteiger partial charge in [-0.3, -0.25) is 9.59 Å². The van der Waals surface area contributed by atoms with Crippen molar-refractivity contribution in [3.05, 3.63) is 56.7 Å². The molecule has 1 aromatic heterocycles. The number of carbonyl (C=O) groups excluding carboxylic acids is 1. The molecule has 0 aliphatic carbocycles. The summed E-state index contributed by atoms with van der Waals surface area (Å²) in [5, 5.41) is 6.61. The highest BCUT2D eigenvalue weighted by atomic mass is 35.5. The Hall–Kier alpha value is -2.21. The maximum absolute atomic E-state index is 13.1. The number of hydrogen-bond acceptors (Lipinski definition) is 3. The first-order valence-corrected chi connectivity index (χ1v) is 7.00. The molecule has 0 unspecified atom stereocenters. The monoisotopic (exact) mass is 323 g/mol. The van der Waals surface area contributed by atoms with Crippen molar-refractivity contribution in [3.8, 4) is 0 Å². The molecule has 0 fully saturated rings. The summed E-state index contributed by atoms with van der Waals surface area (Å²) in [6, 6.07) is 4.47. The molecule has 1 atom stereocenters. The first kappa shape index (κ1) is 16.2. The number of benzene rings is 1. The van der Waals surface area contributed by atoms with Gasteiger partial charge in [-0.2, -0.15) is 5.10 Å². The van der Waals surface area contributed by atoms with Gasteiger partial charge >= 0.3 is 0 Å². The molecule has 0 aliphatic rings. The summed E-state index contributed by atoms with van der Waals surface area (Å²) in [5.41, 5.74) is 1.42. The summed E-state index contributed by atoms with van der Waals surface area (Å²) in [6.45, 7) is 5.10. The number of carbonyl (C=O) groups is 1. The van der Waals surface area contributed by atoms with Crippen molar-refractivity contribution in [1.29, 1.82) is 0 Å². The average Bonchev–Trinajstić information content (AvgIpc) is 2.46. The Kier molecular flexibility index (Phi) is 4.61. The van der Waals surface area contributed by atoms with E-state index in [9.17, 15) is 14.0 Å². The number of aryl methyl sites for hydroxylation is 2. The molecule has 0 radical (unpaired) electrons. The van der Waals surface area contributed by atoms with E-state index < -0.39 is 17.8 Å². The molecule has 0 saturated carbocycles. The highest BCUT2D eigenvalue weighted by molar-refractivity contribution is 6.31. The maximum Gasteiger partial charge on any atom is 0.267 e. The number of hydrogen-bond donors (Lipinski definition) is 1. The zero-order valence-electron chi connectivity index (χ0n) is 12.4. The predicted molar refractivity (Wildman–Crippen MR) is 82.7 cm³/mol. The second-order valence-electron chi connectivity index (χ2n) is 4.99. The number of halogens is 2. The fourth-order valence-electron chi connectivity index (χ4n) is 1.85. The van der Waals surface area contributed by atoms with Crippen molar-refractivity contribution >= 4 is 23.2 Å². The van der Waals surface area contributed by atoms with E-state index >= 15 is 0 Å². The summed E-state index contributed by atoms with van der Waals surface area (Å²) in [7, 11) is 0. The molecule has 2 rings (SSSR count). The van der Waals surface area contributed by atoms with E-state index in [2.05, 4.69) is 10.4 Å². The molecule has 1 aromatic carbocycles. The molecular weight excluding hydrogens is 309 g/mol. The molecule has 7 heteroatoms. The van der Waals surface area contributed by atoms with Crippen LogP contribution in [0.5, 0.6) is 0 Å². The van der Waals surface area contributed by atoms with Crippen LogP contribution in [0.1, 0.15) is 24.2 Å². The van der Waals surface area contributed by atoms with Gasteiger partial charge in [0.25, 0.3) is 5.56 Å². The standard InChI is InChI=1S/C15H15ClFN3O2/c1-8-6-14(21)20(19-9(8)2)10(3)15(22)18-11-4-5-13(17)12(16)7-11/h4-7,10H,1-3H3,(H,18,22)/t10-/m0/s1. The van der Waals surface area contributed by atoms with Gasteiger partial charge in [0.05, 0.1) is 10.7 Å². The minimum absolute atomic E-state index is 0.0908. The third-order valence-corrected chi connectivity index (χ3v) is 3.62. The van der Waals surface area contributed by atoms with E-state index in [0.717, 1.165) is 16.3 Å². The van der Waals surface area contributed by atoms with Gasteiger partial charge in [0, 0.05) is 11.8 Å². The summed E-state index contributed by atoms with van der Waals surface area (Å²) in [5.74, 6) is -1.01. The predicted octanol–water partition coefficient (Wildman–Crippen LogP) is 2.85. The van der Waals surface area contributed by atoms with E-state index in [4.69, 9.17) is 11.6 Å². The average molecular weight is 324 g/mol. The van der Waals surface area contributed by atoms with Crippen molar-refractivity contribution in [2.75, 3.05) is 5.32 Å². The largest absolute Gasteiger partial charge is 0.324 e. The van der Waals surface area contributed by atoms with E-state index in [1.54, 1.807) is 20.8 Å². The quantitative estimate of drug-likeness (QED) is 0.944. The number of aromatic nitrogens is 2. The van der Waals surface area contributed by atoms with E-state index in [0.29, 0.717) is 11.4 Å². The smallest absolute Gasteiger partial charge is 0.267 e. The Labute approximate surface area is 131 Å². The lowest BCUT2D eigenvalue weighted by Crippen LogP contribution is -2.33. The van der Waals surface area contributed by atoms with Crippen molar-refractivity contribution in [3.63, 3.8) is 0 Å². The van der Waals surface area contributed by atoms with Crippen molar-refractivity contribution in [2.24, 2.45) is 0 Å². The molecule has 0 spiro atoms. The van der Waals surface area contributed by atoms with Gasteiger partial charge in [0.1, 0.15) is 11.9 Å². The molecule has 0 saturated heterocycles. The van der Waals surface area contributed by atoms with Gasteiger partial charge in [-0.25, -0.2) is 9.07 Å². The van der Waals surface area contributed by atoms with E-state index in [-0.39, 0.29) is 10.6 Å². The molecule has 1 amide bonds. The highest BCUT2D eigenvalue weighted by Crippen LogP contribution is 2.20. The number of nitrogens with one attached hydrogen (secondary N) is 1. The third kappa shape index (κ3) is 3.33. The van der Waals surface area contributed by atoms with E-state index in [1.807, 2.05) is 0 Å². The summed E-state index contributed by atoms with van der Waals surface area (Å²) >= 11 is 5.66. The summed E-state index contributed by atoms with van der Waals surface area (Å²) in [4.78, 5) is 24.1. The van der Waals surface area contributed by atoms with E-state index in [1.165, 1.54) is 18.2 Å². The molecule has 0 aliphatic heterocycles. The van der Waals surface area contributed by atoms with Crippen LogP contribution in [-0.2, 0) is 4.79 Å². The SMILES string of the molecule is Cc1cc(=O)n([C@@H](C)C(=O)Nc2ccc(F)c(Cl)c2)nc1C. The van der Waals surface area contributed by atoms with Crippen LogP contribution in [0.15, 0.2) is 29.1 Å². The van der Waals surface area contributed by atoms with Gasteiger partial charge < -0.3 is 5.32 Å². The number of rotatable bonds is 3. The van der Waals surface area contributed by atoms with Gasteiger partial charge in [-0.15, -0.1) is 0 Å². The topological polar surface area (TPSA) is 64.0 Å². The number of nitrogens with zero attached hydrogens (tertiary/aromatic N) is 2. The van der Waals surface area contributed by atoms with Crippen molar-refractivity contribution in [1.82, 2.24) is 9.78 Å². The van der Waals surface area contributed by atoms with Crippen LogP contribution in [0.3, 0.4) is 0 Å². The maximum atomic E-state index is 13.1. The van der Waals surface area contributed by atoms with Gasteiger partial charge in [-0.1, -0.05) is 11.6 Å². The highest BCUT2D eigenvalue weighted by Gasteiger charge is 2.18. The molecule has 116 valence electrons. The molecule has 2 aromatic rings. The first-order valence-electron chi connectivity index (χ1n) is 6.62. The summed E-state index contributed by atoms with van der Waals surface area (Å²) in [6.07, 6.45) is 0. The number of anilines is 1. The van der Waals surface area contributed by atoms with Gasteiger partial charge in [0.2, 0.25) is 5.91 Å². The Balaban J connectivity index is 2.24. The van der Waals surface area contributed by atoms with Crippen LogP contribution in [0, 0.1) is 19.7 Å². The molecule has 1 heterocycles. The Morgan fingerprint density at radius 2 is 2.05 bits per heavy atom. The van der Waals surface area contributed by atoms with Gasteiger partial charge in [0.15, 0.2) is 0 Å². The van der Waals surface area contributed by atoms with Crippen LogP contribution >= 0.6 is 11.6 Å². The molecule has 1 N–H and O–H groups in total. The Morgan fingerprint density at radius 1 is 1.36 bits per heavy atom. The van der Waals surface area contributed by atoms with Crippen LogP contribution in [0.25, 0.3) is 0 Å².